The van der Waals surface area contributed by atoms with Gasteiger partial charge in [0.15, 0.2) is 12.6 Å². The molecule has 4 nitrogen and oxygen atoms in total. The van der Waals surface area contributed by atoms with Crippen LogP contribution < -0.4 is 0 Å². The summed E-state index contributed by atoms with van der Waals surface area (Å²) < 4.78 is 23.3. The molecular formula is C20H27ClO4. The zero-order valence-corrected chi connectivity index (χ0v) is 15.5. The van der Waals surface area contributed by atoms with E-state index in [0.717, 1.165) is 43.1 Å². The number of ether oxygens (including phenoxy) is 4. The Balaban J connectivity index is 1.34. The van der Waals surface area contributed by atoms with Gasteiger partial charge in [-0.1, -0.05) is 42.8 Å². The van der Waals surface area contributed by atoms with Crippen molar-refractivity contribution in [3.8, 4) is 0 Å². The molecule has 0 N–H and O–H groups in total. The molecule has 2 aliphatic rings. The maximum absolute atomic E-state index is 5.91. The molecule has 0 saturated carbocycles. The van der Waals surface area contributed by atoms with Crippen LogP contribution in [-0.4, -0.2) is 32.7 Å². The van der Waals surface area contributed by atoms with Crippen LogP contribution >= 0.6 is 11.6 Å². The van der Waals surface area contributed by atoms with Crippen molar-refractivity contribution in [3.05, 3.63) is 47.0 Å². The Kier molecular flexibility index (Phi) is 7.32. The Morgan fingerprint density at radius 3 is 2.28 bits per heavy atom. The minimum absolute atomic E-state index is 0.0970. The number of halogens is 1. The van der Waals surface area contributed by atoms with E-state index in [-0.39, 0.29) is 12.6 Å². The Morgan fingerprint density at radius 1 is 0.960 bits per heavy atom. The zero-order chi connectivity index (χ0) is 17.5. The average molecular weight is 367 g/mol. The normalized spacial score (nSPS) is 30.6. The molecule has 2 saturated heterocycles. The van der Waals surface area contributed by atoms with Crippen LogP contribution in [0.2, 0.25) is 5.02 Å². The van der Waals surface area contributed by atoms with E-state index in [1.165, 1.54) is 0 Å². The highest BCUT2D eigenvalue weighted by Gasteiger charge is 2.26. The molecule has 1 aromatic rings. The summed E-state index contributed by atoms with van der Waals surface area (Å²) in [6.07, 6.45) is 6.89. The first-order chi connectivity index (χ1) is 12.2. The first-order valence-corrected chi connectivity index (χ1v) is 9.51. The Hall–Kier alpha value is -0.910. The Morgan fingerprint density at radius 2 is 1.64 bits per heavy atom. The van der Waals surface area contributed by atoms with Crippen molar-refractivity contribution in [2.24, 2.45) is 11.8 Å². The van der Waals surface area contributed by atoms with Crippen molar-refractivity contribution in [1.82, 2.24) is 0 Å². The Labute approximate surface area is 155 Å². The Bertz CT molecular complexity index is 529. The topological polar surface area (TPSA) is 36.9 Å². The van der Waals surface area contributed by atoms with Gasteiger partial charge in [0.1, 0.15) is 0 Å². The van der Waals surface area contributed by atoms with Crippen LogP contribution in [0.5, 0.6) is 0 Å². The molecule has 2 fully saturated rings. The fraction of sp³-hybridized carbons (Fsp3) is 0.600. The van der Waals surface area contributed by atoms with Gasteiger partial charge >= 0.3 is 0 Å². The predicted octanol–water partition coefficient (Wildman–Crippen LogP) is 4.74. The van der Waals surface area contributed by atoms with Crippen molar-refractivity contribution in [2.75, 3.05) is 26.4 Å². The zero-order valence-electron chi connectivity index (χ0n) is 14.7. The second kappa shape index (κ2) is 9.70. The highest BCUT2D eigenvalue weighted by atomic mass is 35.5. The fourth-order valence-corrected chi connectivity index (χ4v) is 3.18. The summed E-state index contributed by atoms with van der Waals surface area (Å²) in [6.45, 7) is 5.02. The molecule has 1 aromatic carbocycles. The van der Waals surface area contributed by atoms with E-state index in [1.807, 2.05) is 24.3 Å². The van der Waals surface area contributed by atoms with Gasteiger partial charge in [-0.2, -0.15) is 0 Å². The molecule has 2 aliphatic heterocycles. The van der Waals surface area contributed by atoms with Gasteiger partial charge in [0.05, 0.1) is 26.4 Å². The molecule has 0 amide bonds. The third-order valence-electron chi connectivity index (χ3n) is 4.56. The van der Waals surface area contributed by atoms with Crippen molar-refractivity contribution in [1.29, 1.82) is 0 Å². The first kappa shape index (κ1) is 18.9. The van der Waals surface area contributed by atoms with E-state index in [9.17, 15) is 0 Å². The molecule has 2 heterocycles. The van der Waals surface area contributed by atoms with Crippen molar-refractivity contribution < 1.29 is 18.9 Å². The van der Waals surface area contributed by atoms with E-state index in [4.69, 9.17) is 30.5 Å². The van der Waals surface area contributed by atoms with Gasteiger partial charge in [0, 0.05) is 22.4 Å². The second-order valence-corrected chi connectivity index (χ2v) is 7.12. The van der Waals surface area contributed by atoms with Crippen LogP contribution in [0.1, 0.15) is 38.0 Å². The van der Waals surface area contributed by atoms with Gasteiger partial charge in [-0.3, -0.25) is 0 Å². The maximum atomic E-state index is 5.91. The highest BCUT2D eigenvalue weighted by molar-refractivity contribution is 6.30. The van der Waals surface area contributed by atoms with Crippen LogP contribution in [-0.2, 0) is 18.9 Å². The predicted molar refractivity (Wildman–Crippen MR) is 97.4 cm³/mol. The van der Waals surface area contributed by atoms with Gasteiger partial charge in [-0.15, -0.1) is 0 Å². The first-order valence-electron chi connectivity index (χ1n) is 9.13. The lowest BCUT2D eigenvalue weighted by Gasteiger charge is -2.32. The number of allylic oxidation sites excluding steroid dienone is 1. The van der Waals surface area contributed by atoms with Gasteiger partial charge in [-0.25, -0.2) is 0 Å². The van der Waals surface area contributed by atoms with Crippen molar-refractivity contribution in [2.45, 2.75) is 38.8 Å². The lowest BCUT2D eigenvalue weighted by atomic mass is 10.0. The summed E-state index contributed by atoms with van der Waals surface area (Å²) >= 11 is 5.91. The third-order valence-corrected chi connectivity index (χ3v) is 4.81. The van der Waals surface area contributed by atoms with Crippen molar-refractivity contribution in [3.63, 3.8) is 0 Å². The summed E-state index contributed by atoms with van der Waals surface area (Å²) in [5, 5.41) is 0.720. The molecule has 138 valence electrons. The number of rotatable bonds is 6. The van der Waals surface area contributed by atoms with Crippen LogP contribution in [0.25, 0.3) is 0 Å². The monoisotopic (exact) mass is 366 g/mol. The van der Waals surface area contributed by atoms with E-state index in [0.29, 0.717) is 25.0 Å². The fourth-order valence-electron chi connectivity index (χ4n) is 3.06. The van der Waals surface area contributed by atoms with Gasteiger partial charge in [0.2, 0.25) is 0 Å². The van der Waals surface area contributed by atoms with Crippen LogP contribution in [0.4, 0.5) is 0 Å². The summed E-state index contributed by atoms with van der Waals surface area (Å²) in [5.41, 5.74) is 1.01. The van der Waals surface area contributed by atoms with Crippen LogP contribution in [0, 0.1) is 11.8 Å². The smallest absolute Gasteiger partial charge is 0.183 e. The molecule has 0 aliphatic carbocycles. The standard InChI is InChI=1S/C20H27ClO4/c1-2-3-4-15-11-22-19(23-12-15)10-5-16-13-24-20(25-14-16)17-6-8-18(21)9-7-17/h3-4,6-9,15-16,19-20H,2,5,10-14H2,1H3/b4-3+/t15-,16?,19-,20?. The molecular weight excluding hydrogens is 340 g/mol. The van der Waals surface area contributed by atoms with Gasteiger partial charge in [0.25, 0.3) is 0 Å². The number of hydrogen-bond donors (Lipinski definition) is 0. The maximum Gasteiger partial charge on any atom is 0.183 e. The minimum Gasteiger partial charge on any atom is -0.352 e. The molecule has 0 unspecified atom stereocenters. The van der Waals surface area contributed by atoms with Gasteiger partial charge < -0.3 is 18.9 Å². The molecule has 25 heavy (non-hydrogen) atoms. The van der Waals surface area contributed by atoms with Crippen molar-refractivity contribution >= 4 is 11.6 Å². The summed E-state index contributed by atoms with van der Waals surface area (Å²) in [7, 11) is 0. The van der Waals surface area contributed by atoms with E-state index >= 15 is 0 Å². The highest BCUT2D eigenvalue weighted by Crippen LogP contribution is 2.28. The summed E-state index contributed by atoms with van der Waals surface area (Å²) in [4.78, 5) is 0. The lowest BCUT2D eigenvalue weighted by molar-refractivity contribution is -0.217. The van der Waals surface area contributed by atoms with E-state index in [2.05, 4.69) is 19.1 Å². The third kappa shape index (κ3) is 5.80. The molecule has 3 rings (SSSR count). The van der Waals surface area contributed by atoms with E-state index < -0.39 is 0 Å². The summed E-state index contributed by atoms with van der Waals surface area (Å²) in [6, 6.07) is 7.60. The molecule has 0 spiro atoms. The number of hydrogen-bond acceptors (Lipinski definition) is 4. The molecule has 0 aromatic heterocycles. The number of benzene rings is 1. The minimum atomic E-state index is -0.290. The van der Waals surface area contributed by atoms with Crippen LogP contribution in [0.3, 0.4) is 0 Å². The van der Waals surface area contributed by atoms with Gasteiger partial charge in [-0.05, 0) is 31.4 Å². The molecule has 0 bridgehead atoms. The molecule has 0 radical (unpaired) electrons. The molecule has 0 atom stereocenters. The summed E-state index contributed by atoms with van der Waals surface area (Å²) in [5.74, 6) is 0.770. The SMILES string of the molecule is CC/C=C/[C@H]1CO[C@H](CCC2COC(c3ccc(Cl)cc3)OC2)OC1. The lowest BCUT2D eigenvalue weighted by Crippen LogP contribution is -2.33. The molecule has 5 heteroatoms. The second-order valence-electron chi connectivity index (χ2n) is 6.69. The van der Waals surface area contributed by atoms with E-state index in [1.54, 1.807) is 0 Å². The van der Waals surface area contributed by atoms with Crippen LogP contribution in [0.15, 0.2) is 36.4 Å². The quantitative estimate of drug-likeness (QED) is 0.681. The largest absolute Gasteiger partial charge is 0.352 e. The average Bonchev–Trinajstić information content (AvgIpc) is 2.67.